The highest BCUT2D eigenvalue weighted by atomic mass is 16.3. The number of amides is 2. The van der Waals surface area contributed by atoms with Crippen molar-refractivity contribution >= 4 is 28.9 Å². The predicted octanol–water partition coefficient (Wildman–Crippen LogP) is 1.89. The number of nitrogens with zero attached hydrogens (tertiary/aromatic N) is 3. The van der Waals surface area contributed by atoms with E-state index in [0.717, 1.165) is 37.6 Å². The lowest BCUT2D eigenvalue weighted by molar-refractivity contribution is -0.125. The van der Waals surface area contributed by atoms with Crippen LogP contribution in [0.15, 0.2) is 48.5 Å². The molecule has 0 radical (unpaired) electrons. The van der Waals surface area contributed by atoms with Crippen LogP contribution >= 0.6 is 0 Å². The molecule has 28 heavy (non-hydrogen) atoms. The minimum Gasteiger partial charge on any atom is -0.508 e. The molecule has 2 aromatic carbocycles. The van der Waals surface area contributed by atoms with Crippen molar-refractivity contribution < 1.29 is 14.7 Å². The fourth-order valence-corrected chi connectivity index (χ4v) is 3.84. The zero-order chi connectivity index (χ0) is 19.7. The summed E-state index contributed by atoms with van der Waals surface area (Å²) in [6.07, 6.45) is 0. The van der Waals surface area contributed by atoms with Crippen LogP contribution in [0.4, 0.5) is 17.1 Å². The number of hydrogen-bond acceptors (Lipinski definition) is 5. The number of carbonyl (C=O) groups excluding carboxylic acids is 2. The van der Waals surface area contributed by atoms with Crippen LogP contribution < -0.4 is 15.1 Å². The lowest BCUT2D eigenvalue weighted by Gasteiger charge is -2.40. The van der Waals surface area contributed by atoms with Gasteiger partial charge in [-0.1, -0.05) is 12.1 Å². The largest absolute Gasteiger partial charge is 0.508 e. The second-order valence-corrected chi connectivity index (χ2v) is 7.21. The molecule has 0 aromatic heterocycles. The predicted molar refractivity (Wildman–Crippen MR) is 109 cm³/mol. The molecule has 1 fully saturated rings. The molecule has 2 heterocycles. The van der Waals surface area contributed by atoms with E-state index in [2.05, 4.69) is 15.1 Å². The number of carbonyl (C=O) groups is 2. The third-order valence-corrected chi connectivity index (χ3v) is 5.47. The first-order valence-corrected chi connectivity index (χ1v) is 9.51. The molecule has 0 bridgehead atoms. The Hall–Kier alpha value is -3.06. The Morgan fingerprint density at radius 1 is 1.04 bits per heavy atom. The Morgan fingerprint density at radius 2 is 1.71 bits per heavy atom. The molecule has 0 unspecified atom stereocenters. The number of phenols is 1. The minimum atomic E-state index is -0.305. The summed E-state index contributed by atoms with van der Waals surface area (Å²) < 4.78 is 0. The topological polar surface area (TPSA) is 76.1 Å². The van der Waals surface area contributed by atoms with Crippen molar-refractivity contribution in [3.8, 4) is 5.75 Å². The summed E-state index contributed by atoms with van der Waals surface area (Å²) in [4.78, 5) is 31.2. The highest BCUT2D eigenvalue weighted by molar-refractivity contribution is 6.11. The van der Waals surface area contributed by atoms with Crippen molar-refractivity contribution in [2.45, 2.75) is 13.0 Å². The van der Waals surface area contributed by atoms with Crippen LogP contribution in [-0.2, 0) is 9.59 Å². The van der Waals surface area contributed by atoms with Crippen molar-refractivity contribution in [3.63, 3.8) is 0 Å². The number of benzene rings is 2. The summed E-state index contributed by atoms with van der Waals surface area (Å²) in [5, 5.41) is 12.3. The van der Waals surface area contributed by atoms with Gasteiger partial charge >= 0.3 is 0 Å². The standard InChI is InChI=1S/C21H24N4O3/c1-15(21(28)25-14-20(27)22-18-4-2-3-5-19(18)25)23-10-12-24(13-11-23)16-6-8-17(26)9-7-16/h2-9,15,26H,10-14H2,1H3,(H,22,27)/t15-/m0/s1. The number of fused-ring (bicyclic) bond motifs is 1. The number of para-hydroxylation sites is 2. The Balaban J connectivity index is 1.43. The zero-order valence-electron chi connectivity index (χ0n) is 15.8. The molecule has 2 amide bonds. The van der Waals surface area contributed by atoms with Crippen molar-refractivity contribution in [1.82, 2.24) is 4.90 Å². The van der Waals surface area contributed by atoms with Crippen molar-refractivity contribution in [1.29, 1.82) is 0 Å². The maximum atomic E-state index is 13.2. The Morgan fingerprint density at radius 3 is 2.43 bits per heavy atom. The lowest BCUT2D eigenvalue weighted by Crippen LogP contribution is -2.56. The van der Waals surface area contributed by atoms with Gasteiger partial charge in [0.1, 0.15) is 12.3 Å². The van der Waals surface area contributed by atoms with E-state index in [1.165, 1.54) is 0 Å². The van der Waals surface area contributed by atoms with Crippen molar-refractivity contribution in [3.05, 3.63) is 48.5 Å². The molecule has 146 valence electrons. The number of nitrogens with one attached hydrogen (secondary N) is 1. The molecule has 4 rings (SSSR count). The molecule has 0 spiro atoms. The van der Waals surface area contributed by atoms with Gasteiger partial charge in [0.05, 0.1) is 17.4 Å². The van der Waals surface area contributed by atoms with E-state index in [1.807, 2.05) is 43.3 Å². The van der Waals surface area contributed by atoms with Gasteiger partial charge in [-0.3, -0.25) is 19.4 Å². The number of aromatic hydroxyl groups is 1. The fraction of sp³-hybridized carbons (Fsp3) is 0.333. The Kier molecular flexibility index (Phi) is 4.92. The van der Waals surface area contributed by atoms with Gasteiger partial charge in [0.2, 0.25) is 11.8 Å². The first-order valence-electron chi connectivity index (χ1n) is 9.51. The van der Waals surface area contributed by atoms with Gasteiger partial charge in [-0.25, -0.2) is 0 Å². The maximum absolute atomic E-state index is 13.2. The fourth-order valence-electron chi connectivity index (χ4n) is 3.84. The molecule has 1 saturated heterocycles. The van der Waals surface area contributed by atoms with Crippen LogP contribution in [0.2, 0.25) is 0 Å². The summed E-state index contributed by atoms with van der Waals surface area (Å²) in [5.41, 5.74) is 2.50. The SMILES string of the molecule is C[C@@H](C(=O)N1CC(=O)Nc2ccccc21)N1CCN(c2ccc(O)cc2)CC1. The molecule has 7 nitrogen and oxygen atoms in total. The molecule has 0 aliphatic carbocycles. The third-order valence-electron chi connectivity index (χ3n) is 5.47. The van der Waals surface area contributed by atoms with Crippen LogP contribution in [0.1, 0.15) is 6.92 Å². The number of piperazine rings is 1. The summed E-state index contributed by atoms with van der Waals surface area (Å²) in [5.74, 6) is 0.0317. The molecule has 2 aliphatic heterocycles. The first kappa shape index (κ1) is 18.3. The van der Waals surface area contributed by atoms with E-state index in [0.29, 0.717) is 5.69 Å². The first-order chi connectivity index (χ1) is 13.5. The summed E-state index contributed by atoms with van der Waals surface area (Å²) in [6, 6.07) is 14.3. The second kappa shape index (κ2) is 7.52. The summed E-state index contributed by atoms with van der Waals surface area (Å²) in [6.45, 7) is 5.09. The quantitative estimate of drug-likeness (QED) is 0.851. The van der Waals surface area contributed by atoms with Crippen LogP contribution in [0.25, 0.3) is 0 Å². The number of phenolic OH excluding ortho intramolecular Hbond substituents is 1. The normalized spacial score (nSPS) is 18.4. The van der Waals surface area contributed by atoms with E-state index < -0.39 is 0 Å². The molecular formula is C21H24N4O3. The average molecular weight is 380 g/mol. The van der Waals surface area contributed by atoms with Gasteiger partial charge in [0.15, 0.2) is 0 Å². The van der Waals surface area contributed by atoms with Crippen LogP contribution in [0.5, 0.6) is 5.75 Å². The Bertz CT molecular complexity index is 875. The van der Waals surface area contributed by atoms with Crippen LogP contribution in [-0.4, -0.2) is 60.6 Å². The van der Waals surface area contributed by atoms with Crippen LogP contribution in [0, 0.1) is 0 Å². The second-order valence-electron chi connectivity index (χ2n) is 7.21. The highest BCUT2D eigenvalue weighted by Crippen LogP contribution is 2.30. The maximum Gasteiger partial charge on any atom is 0.244 e. The van der Waals surface area contributed by atoms with Crippen molar-refractivity contribution in [2.75, 3.05) is 47.8 Å². The van der Waals surface area contributed by atoms with Gasteiger partial charge in [-0.15, -0.1) is 0 Å². The van der Waals surface area contributed by atoms with Crippen molar-refractivity contribution in [2.24, 2.45) is 0 Å². The van der Waals surface area contributed by atoms with Gasteiger partial charge < -0.3 is 15.3 Å². The van der Waals surface area contributed by atoms with Crippen LogP contribution in [0.3, 0.4) is 0 Å². The molecule has 0 saturated carbocycles. The van der Waals surface area contributed by atoms with E-state index >= 15 is 0 Å². The number of hydrogen-bond donors (Lipinski definition) is 2. The molecule has 7 heteroatoms. The summed E-state index contributed by atoms with van der Waals surface area (Å²) >= 11 is 0. The van der Waals surface area contributed by atoms with E-state index in [-0.39, 0.29) is 30.2 Å². The molecule has 1 atom stereocenters. The number of rotatable bonds is 3. The van der Waals surface area contributed by atoms with Gasteiger partial charge in [-0.05, 0) is 43.3 Å². The average Bonchev–Trinajstić information content (AvgIpc) is 2.73. The van der Waals surface area contributed by atoms with Gasteiger partial charge in [0, 0.05) is 31.9 Å². The van der Waals surface area contributed by atoms with E-state index in [9.17, 15) is 14.7 Å². The monoisotopic (exact) mass is 380 g/mol. The van der Waals surface area contributed by atoms with E-state index in [1.54, 1.807) is 17.0 Å². The Labute approximate surface area is 164 Å². The molecule has 2 aliphatic rings. The lowest BCUT2D eigenvalue weighted by atomic mass is 10.1. The molecule has 2 N–H and O–H groups in total. The smallest absolute Gasteiger partial charge is 0.244 e. The minimum absolute atomic E-state index is 0.0493. The van der Waals surface area contributed by atoms with Gasteiger partial charge in [0.25, 0.3) is 0 Å². The molecule has 2 aromatic rings. The third kappa shape index (κ3) is 3.53. The van der Waals surface area contributed by atoms with E-state index in [4.69, 9.17) is 0 Å². The molecular weight excluding hydrogens is 356 g/mol. The van der Waals surface area contributed by atoms with Gasteiger partial charge in [-0.2, -0.15) is 0 Å². The highest BCUT2D eigenvalue weighted by Gasteiger charge is 2.33. The number of anilines is 3. The zero-order valence-corrected chi connectivity index (χ0v) is 15.8. The summed E-state index contributed by atoms with van der Waals surface area (Å²) in [7, 11) is 0.